The highest BCUT2D eigenvalue weighted by molar-refractivity contribution is 5.26. The molecule has 0 radical (unpaired) electrons. The predicted octanol–water partition coefficient (Wildman–Crippen LogP) is 4.24. The summed E-state index contributed by atoms with van der Waals surface area (Å²) in [7, 11) is 0. The van der Waals surface area contributed by atoms with Crippen molar-refractivity contribution in [2.45, 2.75) is 59.1 Å². The SMILES string of the molecule is CCCNC(c1cccc(C)c1)C(CCC)OCC. The second kappa shape index (κ2) is 9.11. The smallest absolute Gasteiger partial charge is 0.0769 e. The van der Waals surface area contributed by atoms with Gasteiger partial charge in [0.05, 0.1) is 12.1 Å². The summed E-state index contributed by atoms with van der Waals surface area (Å²) in [6.07, 6.45) is 3.67. The Balaban J connectivity index is 2.90. The third-order valence-electron chi connectivity index (χ3n) is 3.34. The molecule has 2 heteroatoms. The Kier molecular flexibility index (Phi) is 7.76. The summed E-state index contributed by atoms with van der Waals surface area (Å²) in [5.74, 6) is 0. The van der Waals surface area contributed by atoms with Crippen LogP contribution >= 0.6 is 0 Å². The minimum absolute atomic E-state index is 0.267. The average molecular weight is 263 g/mol. The second-order valence-corrected chi connectivity index (χ2v) is 5.13. The van der Waals surface area contributed by atoms with Crippen molar-refractivity contribution < 1.29 is 4.74 Å². The Bertz CT molecular complexity index is 345. The van der Waals surface area contributed by atoms with Crippen molar-refractivity contribution in [3.63, 3.8) is 0 Å². The van der Waals surface area contributed by atoms with E-state index < -0.39 is 0 Å². The Labute approximate surface area is 118 Å². The third kappa shape index (κ3) is 5.33. The molecule has 1 N–H and O–H groups in total. The molecule has 0 saturated heterocycles. The molecule has 2 atom stereocenters. The number of hydrogen-bond acceptors (Lipinski definition) is 2. The van der Waals surface area contributed by atoms with Gasteiger partial charge in [-0.25, -0.2) is 0 Å². The van der Waals surface area contributed by atoms with Crippen LogP contribution in [0.2, 0.25) is 0 Å². The third-order valence-corrected chi connectivity index (χ3v) is 3.34. The van der Waals surface area contributed by atoms with Crippen molar-refractivity contribution in [2.75, 3.05) is 13.2 Å². The predicted molar refractivity (Wildman–Crippen MR) is 82.5 cm³/mol. The van der Waals surface area contributed by atoms with Crippen LogP contribution in [0.25, 0.3) is 0 Å². The van der Waals surface area contributed by atoms with Crippen molar-refractivity contribution in [1.29, 1.82) is 0 Å². The van der Waals surface area contributed by atoms with E-state index in [1.54, 1.807) is 0 Å². The lowest BCUT2D eigenvalue weighted by Crippen LogP contribution is -2.34. The Morgan fingerprint density at radius 2 is 1.95 bits per heavy atom. The number of aryl methyl sites for hydroxylation is 1. The molecule has 0 saturated carbocycles. The van der Waals surface area contributed by atoms with Crippen LogP contribution in [-0.2, 0) is 4.74 Å². The fraction of sp³-hybridized carbons (Fsp3) is 0.647. The van der Waals surface area contributed by atoms with Gasteiger partial charge in [-0.3, -0.25) is 0 Å². The van der Waals surface area contributed by atoms with Gasteiger partial charge in [0.15, 0.2) is 0 Å². The van der Waals surface area contributed by atoms with Crippen LogP contribution in [0, 0.1) is 6.92 Å². The van der Waals surface area contributed by atoms with Gasteiger partial charge in [0.2, 0.25) is 0 Å². The van der Waals surface area contributed by atoms with E-state index >= 15 is 0 Å². The van der Waals surface area contributed by atoms with Gasteiger partial charge in [-0.05, 0) is 38.8 Å². The molecular formula is C17H29NO. The number of nitrogens with one attached hydrogen (secondary N) is 1. The maximum Gasteiger partial charge on any atom is 0.0769 e. The molecule has 108 valence electrons. The lowest BCUT2D eigenvalue weighted by atomic mass is 9.96. The molecule has 0 aliphatic rings. The molecule has 0 aliphatic carbocycles. The van der Waals surface area contributed by atoms with Crippen molar-refractivity contribution in [2.24, 2.45) is 0 Å². The largest absolute Gasteiger partial charge is 0.377 e. The standard InChI is InChI=1S/C17H29NO/c1-5-9-16(19-7-3)17(18-12-6-2)15-11-8-10-14(4)13-15/h8,10-11,13,16-18H,5-7,9,12H2,1-4H3. The van der Waals surface area contributed by atoms with Crippen LogP contribution < -0.4 is 5.32 Å². The van der Waals surface area contributed by atoms with E-state index in [-0.39, 0.29) is 6.10 Å². The summed E-state index contributed by atoms with van der Waals surface area (Å²) < 4.78 is 5.97. The van der Waals surface area contributed by atoms with Crippen molar-refractivity contribution in [3.05, 3.63) is 35.4 Å². The maximum absolute atomic E-state index is 5.97. The van der Waals surface area contributed by atoms with Crippen LogP contribution in [0.1, 0.15) is 57.2 Å². The zero-order chi connectivity index (χ0) is 14.1. The fourth-order valence-corrected chi connectivity index (χ4v) is 2.47. The summed E-state index contributed by atoms with van der Waals surface area (Å²) in [6, 6.07) is 9.08. The van der Waals surface area contributed by atoms with E-state index in [0.29, 0.717) is 6.04 Å². The summed E-state index contributed by atoms with van der Waals surface area (Å²) in [5.41, 5.74) is 2.66. The van der Waals surface area contributed by atoms with Crippen molar-refractivity contribution in [3.8, 4) is 0 Å². The topological polar surface area (TPSA) is 21.3 Å². The minimum atomic E-state index is 0.267. The monoisotopic (exact) mass is 263 g/mol. The molecule has 0 fully saturated rings. The highest BCUT2D eigenvalue weighted by Gasteiger charge is 2.22. The number of hydrogen-bond donors (Lipinski definition) is 1. The van der Waals surface area contributed by atoms with E-state index in [9.17, 15) is 0 Å². The van der Waals surface area contributed by atoms with Crippen LogP contribution in [0.15, 0.2) is 24.3 Å². The van der Waals surface area contributed by atoms with E-state index in [1.165, 1.54) is 11.1 Å². The lowest BCUT2D eigenvalue weighted by Gasteiger charge is -2.28. The van der Waals surface area contributed by atoms with E-state index in [1.807, 2.05) is 0 Å². The number of rotatable bonds is 9. The Hall–Kier alpha value is -0.860. The minimum Gasteiger partial charge on any atom is -0.377 e. The van der Waals surface area contributed by atoms with Crippen molar-refractivity contribution >= 4 is 0 Å². The summed E-state index contributed by atoms with van der Waals surface area (Å²) in [4.78, 5) is 0. The van der Waals surface area contributed by atoms with Gasteiger partial charge in [-0.2, -0.15) is 0 Å². The molecule has 1 rings (SSSR count). The molecule has 0 aromatic heterocycles. The first-order valence-electron chi connectivity index (χ1n) is 7.64. The van der Waals surface area contributed by atoms with Gasteiger partial charge in [-0.1, -0.05) is 50.1 Å². The zero-order valence-corrected chi connectivity index (χ0v) is 12.9. The van der Waals surface area contributed by atoms with Gasteiger partial charge in [0.1, 0.15) is 0 Å². The molecule has 19 heavy (non-hydrogen) atoms. The van der Waals surface area contributed by atoms with Gasteiger partial charge >= 0.3 is 0 Å². The quantitative estimate of drug-likeness (QED) is 0.719. The van der Waals surface area contributed by atoms with E-state index in [4.69, 9.17) is 4.74 Å². The molecule has 2 nitrogen and oxygen atoms in total. The molecule has 2 unspecified atom stereocenters. The molecule has 0 amide bonds. The van der Waals surface area contributed by atoms with Crippen LogP contribution in [-0.4, -0.2) is 19.3 Å². The van der Waals surface area contributed by atoms with E-state index in [2.05, 4.69) is 57.3 Å². The van der Waals surface area contributed by atoms with Crippen LogP contribution in [0.3, 0.4) is 0 Å². The first kappa shape index (κ1) is 16.2. The summed E-state index contributed by atoms with van der Waals surface area (Å²) in [5, 5.41) is 3.66. The molecular weight excluding hydrogens is 234 g/mol. The molecule has 0 spiro atoms. The molecule has 0 bridgehead atoms. The number of ether oxygens (including phenoxy) is 1. The summed E-state index contributed by atoms with van der Waals surface area (Å²) in [6.45, 7) is 10.5. The van der Waals surface area contributed by atoms with Gasteiger partial charge < -0.3 is 10.1 Å². The first-order chi connectivity index (χ1) is 9.22. The Morgan fingerprint density at radius 3 is 2.53 bits per heavy atom. The molecule has 0 aliphatic heterocycles. The van der Waals surface area contributed by atoms with E-state index in [0.717, 1.165) is 32.4 Å². The van der Waals surface area contributed by atoms with Gasteiger partial charge in [0, 0.05) is 6.61 Å². The average Bonchev–Trinajstić information content (AvgIpc) is 2.40. The zero-order valence-electron chi connectivity index (χ0n) is 12.9. The van der Waals surface area contributed by atoms with Gasteiger partial charge in [0.25, 0.3) is 0 Å². The first-order valence-corrected chi connectivity index (χ1v) is 7.64. The summed E-state index contributed by atoms with van der Waals surface area (Å²) >= 11 is 0. The van der Waals surface area contributed by atoms with Crippen LogP contribution in [0.4, 0.5) is 0 Å². The molecule has 1 aromatic carbocycles. The Morgan fingerprint density at radius 1 is 1.16 bits per heavy atom. The molecule has 1 aromatic rings. The lowest BCUT2D eigenvalue weighted by molar-refractivity contribution is 0.0276. The number of benzene rings is 1. The second-order valence-electron chi connectivity index (χ2n) is 5.13. The highest BCUT2D eigenvalue weighted by Crippen LogP contribution is 2.23. The highest BCUT2D eigenvalue weighted by atomic mass is 16.5. The van der Waals surface area contributed by atoms with Gasteiger partial charge in [-0.15, -0.1) is 0 Å². The fourth-order valence-electron chi connectivity index (χ4n) is 2.47. The van der Waals surface area contributed by atoms with Crippen molar-refractivity contribution in [1.82, 2.24) is 5.32 Å². The normalized spacial score (nSPS) is 14.3. The van der Waals surface area contributed by atoms with Crippen LogP contribution in [0.5, 0.6) is 0 Å². The maximum atomic E-state index is 5.97. The molecule has 0 heterocycles.